The second-order valence-electron chi connectivity index (χ2n) is 6.41. The van der Waals surface area contributed by atoms with Crippen LogP contribution in [0.3, 0.4) is 0 Å². The van der Waals surface area contributed by atoms with Crippen LogP contribution in [0.1, 0.15) is 36.5 Å². The predicted molar refractivity (Wildman–Crippen MR) is 94.3 cm³/mol. The second-order valence-corrected chi connectivity index (χ2v) is 6.41. The lowest BCUT2D eigenvalue weighted by Gasteiger charge is -2.28. The first kappa shape index (κ1) is 15.3. The molecule has 0 aromatic heterocycles. The maximum atomic E-state index is 2.71. The molecule has 0 aliphatic carbocycles. The van der Waals surface area contributed by atoms with Crippen molar-refractivity contribution < 1.29 is 0 Å². The standard InChI is InChI=1S/C21H27N/c1-2-19-12-6-7-13-20(19)17-21(22-14-8-9-15-22)16-18-10-4-3-5-11-18/h3-7,10-13,21H,2,8-9,14-17H2,1H3. The Hall–Kier alpha value is -1.60. The van der Waals surface area contributed by atoms with Crippen LogP contribution in [0.2, 0.25) is 0 Å². The van der Waals surface area contributed by atoms with Crippen molar-refractivity contribution in [2.24, 2.45) is 0 Å². The van der Waals surface area contributed by atoms with Crippen molar-refractivity contribution in [2.75, 3.05) is 13.1 Å². The average Bonchev–Trinajstić information content (AvgIpc) is 3.10. The Morgan fingerprint density at radius 3 is 2.14 bits per heavy atom. The lowest BCUT2D eigenvalue weighted by Crippen LogP contribution is -2.36. The highest BCUT2D eigenvalue weighted by molar-refractivity contribution is 5.28. The number of aryl methyl sites for hydroxylation is 1. The molecule has 1 aliphatic rings. The van der Waals surface area contributed by atoms with Gasteiger partial charge in [-0.05, 0) is 61.9 Å². The van der Waals surface area contributed by atoms with Crippen LogP contribution >= 0.6 is 0 Å². The summed E-state index contributed by atoms with van der Waals surface area (Å²) >= 11 is 0. The molecule has 0 spiro atoms. The molecule has 1 fully saturated rings. The monoisotopic (exact) mass is 293 g/mol. The van der Waals surface area contributed by atoms with Gasteiger partial charge in [0.15, 0.2) is 0 Å². The number of hydrogen-bond acceptors (Lipinski definition) is 1. The van der Waals surface area contributed by atoms with Crippen molar-refractivity contribution in [3.8, 4) is 0 Å². The zero-order chi connectivity index (χ0) is 15.2. The normalized spacial score (nSPS) is 16.8. The molecule has 1 saturated heterocycles. The van der Waals surface area contributed by atoms with Crippen molar-refractivity contribution in [1.29, 1.82) is 0 Å². The fourth-order valence-corrected chi connectivity index (χ4v) is 3.68. The van der Waals surface area contributed by atoms with Gasteiger partial charge in [0, 0.05) is 6.04 Å². The van der Waals surface area contributed by atoms with Gasteiger partial charge in [-0.3, -0.25) is 4.90 Å². The molecule has 22 heavy (non-hydrogen) atoms. The minimum atomic E-state index is 0.637. The first-order chi connectivity index (χ1) is 10.9. The van der Waals surface area contributed by atoms with Crippen LogP contribution in [0.25, 0.3) is 0 Å². The Labute approximate surface area is 135 Å². The Morgan fingerprint density at radius 1 is 0.818 bits per heavy atom. The van der Waals surface area contributed by atoms with Crippen LogP contribution in [0.5, 0.6) is 0 Å². The maximum absolute atomic E-state index is 2.71. The summed E-state index contributed by atoms with van der Waals surface area (Å²) in [7, 11) is 0. The fraction of sp³-hybridized carbons (Fsp3) is 0.429. The van der Waals surface area contributed by atoms with Crippen LogP contribution in [-0.2, 0) is 19.3 Å². The van der Waals surface area contributed by atoms with E-state index in [4.69, 9.17) is 0 Å². The van der Waals surface area contributed by atoms with Crippen molar-refractivity contribution in [3.63, 3.8) is 0 Å². The number of likely N-dealkylation sites (tertiary alicyclic amines) is 1. The largest absolute Gasteiger partial charge is 0.300 e. The average molecular weight is 293 g/mol. The molecule has 3 rings (SSSR count). The van der Waals surface area contributed by atoms with Crippen molar-refractivity contribution in [1.82, 2.24) is 4.90 Å². The zero-order valence-electron chi connectivity index (χ0n) is 13.7. The summed E-state index contributed by atoms with van der Waals surface area (Å²) in [5.74, 6) is 0. The Balaban J connectivity index is 1.79. The van der Waals surface area contributed by atoms with E-state index in [0.29, 0.717) is 6.04 Å². The number of rotatable bonds is 6. The molecule has 0 bridgehead atoms. The molecular weight excluding hydrogens is 266 g/mol. The summed E-state index contributed by atoms with van der Waals surface area (Å²) in [6, 6.07) is 20.6. The molecule has 1 unspecified atom stereocenters. The first-order valence-electron chi connectivity index (χ1n) is 8.71. The van der Waals surface area contributed by atoms with E-state index < -0.39 is 0 Å². The van der Waals surface area contributed by atoms with E-state index in [0.717, 1.165) is 6.42 Å². The van der Waals surface area contributed by atoms with Crippen LogP contribution < -0.4 is 0 Å². The van der Waals surface area contributed by atoms with Gasteiger partial charge < -0.3 is 0 Å². The van der Waals surface area contributed by atoms with Crippen molar-refractivity contribution in [2.45, 2.75) is 45.1 Å². The molecule has 1 nitrogen and oxygen atoms in total. The Kier molecular flexibility index (Phi) is 5.29. The topological polar surface area (TPSA) is 3.24 Å². The van der Waals surface area contributed by atoms with Gasteiger partial charge in [0.2, 0.25) is 0 Å². The number of hydrogen-bond donors (Lipinski definition) is 0. The lowest BCUT2D eigenvalue weighted by molar-refractivity contribution is 0.239. The van der Waals surface area contributed by atoms with Gasteiger partial charge in [0.05, 0.1) is 0 Å². The molecule has 116 valence electrons. The summed E-state index contributed by atoms with van der Waals surface area (Å²) in [6.45, 7) is 4.80. The maximum Gasteiger partial charge on any atom is 0.0176 e. The molecule has 2 aromatic carbocycles. The van der Waals surface area contributed by atoms with E-state index in [1.54, 1.807) is 0 Å². The molecule has 0 amide bonds. The smallest absolute Gasteiger partial charge is 0.0176 e. The molecule has 0 N–H and O–H groups in total. The molecule has 0 saturated carbocycles. The molecule has 1 heterocycles. The number of benzene rings is 2. The van der Waals surface area contributed by atoms with E-state index in [2.05, 4.69) is 66.4 Å². The minimum absolute atomic E-state index is 0.637. The zero-order valence-corrected chi connectivity index (χ0v) is 13.7. The fourth-order valence-electron chi connectivity index (χ4n) is 3.68. The van der Waals surface area contributed by atoms with E-state index >= 15 is 0 Å². The summed E-state index contributed by atoms with van der Waals surface area (Å²) < 4.78 is 0. The van der Waals surface area contributed by atoms with E-state index in [1.165, 1.54) is 55.5 Å². The van der Waals surface area contributed by atoms with E-state index in [-0.39, 0.29) is 0 Å². The van der Waals surface area contributed by atoms with Crippen molar-refractivity contribution >= 4 is 0 Å². The highest BCUT2D eigenvalue weighted by atomic mass is 15.2. The summed E-state index contributed by atoms with van der Waals surface area (Å²) in [5.41, 5.74) is 4.52. The third kappa shape index (κ3) is 3.78. The Bertz CT molecular complexity index is 569. The van der Waals surface area contributed by atoms with Crippen LogP contribution in [0.15, 0.2) is 54.6 Å². The molecule has 1 heteroatoms. The SMILES string of the molecule is CCc1ccccc1CC(Cc1ccccc1)N1CCCC1. The molecule has 2 aromatic rings. The van der Waals surface area contributed by atoms with Crippen LogP contribution in [0.4, 0.5) is 0 Å². The third-order valence-electron chi connectivity index (χ3n) is 4.93. The highest BCUT2D eigenvalue weighted by Crippen LogP contribution is 2.21. The van der Waals surface area contributed by atoms with Crippen LogP contribution in [-0.4, -0.2) is 24.0 Å². The van der Waals surface area contributed by atoms with Crippen LogP contribution in [0, 0.1) is 0 Å². The summed E-state index contributed by atoms with van der Waals surface area (Å²) in [6.07, 6.45) is 6.20. The summed E-state index contributed by atoms with van der Waals surface area (Å²) in [5, 5.41) is 0. The quantitative estimate of drug-likeness (QED) is 0.758. The first-order valence-corrected chi connectivity index (χ1v) is 8.71. The van der Waals surface area contributed by atoms with Gasteiger partial charge in [0.25, 0.3) is 0 Å². The van der Waals surface area contributed by atoms with Crippen molar-refractivity contribution in [3.05, 3.63) is 71.3 Å². The number of nitrogens with zero attached hydrogens (tertiary/aromatic N) is 1. The van der Waals surface area contributed by atoms with E-state index in [1.807, 2.05) is 0 Å². The van der Waals surface area contributed by atoms with Gasteiger partial charge in [-0.25, -0.2) is 0 Å². The van der Waals surface area contributed by atoms with Gasteiger partial charge in [-0.1, -0.05) is 61.5 Å². The molecular formula is C21H27N. The molecule has 0 radical (unpaired) electrons. The van der Waals surface area contributed by atoms with Gasteiger partial charge in [0.1, 0.15) is 0 Å². The highest BCUT2D eigenvalue weighted by Gasteiger charge is 2.23. The molecule has 1 aliphatic heterocycles. The van der Waals surface area contributed by atoms with Gasteiger partial charge >= 0.3 is 0 Å². The third-order valence-corrected chi connectivity index (χ3v) is 4.93. The lowest BCUT2D eigenvalue weighted by atomic mass is 9.94. The molecule has 1 atom stereocenters. The summed E-state index contributed by atoms with van der Waals surface area (Å²) in [4.78, 5) is 2.71. The minimum Gasteiger partial charge on any atom is -0.300 e. The second kappa shape index (κ2) is 7.60. The van der Waals surface area contributed by atoms with E-state index in [9.17, 15) is 0 Å². The van der Waals surface area contributed by atoms with Gasteiger partial charge in [-0.2, -0.15) is 0 Å². The Morgan fingerprint density at radius 2 is 1.45 bits per heavy atom. The predicted octanol–water partition coefficient (Wildman–Crippen LogP) is 4.50. The van der Waals surface area contributed by atoms with Gasteiger partial charge in [-0.15, -0.1) is 0 Å².